The highest BCUT2D eigenvalue weighted by atomic mass is 16.5. The van der Waals surface area contributed by atoms with E-state index < -0.39 is 17.7 Å². The maximum absolute atomic E-state index is 12.8. The lowest BCUT2D eigenvalue weighted by Crippen LogP contribution is -2.54. The van der Waals surface area contributed by atoms with Gasteiger partial charge in [-0.2, -0.15) is 0 Å². The van der Waals surface area contributed by atoms with E-state index in [4.69, 9.17) is 15.9 Å². The van der Waals surface area contributed by atoms with E-state index >= 15 is 0 Å². The Labute approximate surface area is 151 Å². The Morgan fingerprint density at radius 1 is 1.31 bits per heavy atom. The molecule has 0 saturated heterocycles. The molecule has 138 valence electrons. The van der Waals surface area contributed by atoms with E-state index in [0.717, 1.165) is 0 Å². The summed E-state index contributed by atoms with van der Waals surface area (Å²) in [5.41, 5.74) is -0.304. The van der Waals surface area contributed by atoms with Gasteiger partial charge in [-0.1, -0.05) is 5.92 Å². The van der Waals surface area contributed by atoms with Gasteiger partial charge in [0.15, 0.2) is 5.60 Å². The first-order valence-corrected chi connectivity index (χ1v) is 7.81. The number of terminal acetylenes is 1. The molecular weight excluding hydrogens is 340 g/mol. The second kappa shape index (κ2) is 7.35. The first-order chi connectivity index (χ1) is 12.2. The predicted octanol–water partition coefficient (Wildman–Crippen LogP) is 1.31. The van der Waals surface area contributed by atoms with Crippen LogP contribution in [0, 0.1) is 12.3 Å². The zero-order valence-electron chi connectivity index (χ0n) is 15.0. The van der Waals surface area contributed by atoms with Gasteiger partial charge >= 0.3 is 12.1 Å². The molecule has 0 bridgehead atoms. The highest BCUT2D eigenvalue weighted by Crippen LogP contribution is 2.39. The average molecular weight is 360 g/mol. The van der Waals surface area contributed by atoms with Crippen LogP contribution in [0.5, 0.6) is 5.75 Å². The summed E-state index contributed by atoms with van der Waals surface area (Å²) in [5, 5.41) is 2.51. The molecule has 2 rings (SSSR count). The predicted molar refractivity (Wildman–Crippen MR) is 93.2 cm³/mol. The summed E-state index contributed by atoms with van der Waals surface area (Å²) in [7, 11) is 2.49. The minimum Gasteiger partial charge on any atom is -0.476 e. The minimum atomic E-state index is -1.13. The van der Waals surface area contributed by atoms with E-state index in [0.29, 0.717) is 17.0 Å². The van der Waals surface area contributed by atoms with Crippen LogP contribution in [0.1, 0.15) is 29.8 Å². The van der Waals surface area contributed by atoms with Crippen LogP contribution in [-0.2, 0) is 14.3 Å². The lowest BCUT2D eigenvalue weighted by molar-refractivity contribution is -0.132. The quantitative estimate of drug-likeness (QED) is 0.643. The van der Waals surface area contributed by atoms with Crippen LogP contribution in [0.25, 0.3) is 0 Å². The lowest BCUT2D eigenvalue weighted by Gasteiger charge is -2.39. The summed E-state index contributed by atoms with van der Waals surface area (Å²) in [5.74, 6) is 1.85. The number of benzene rings is 1. The number of esters is 1. The van der Waals surface area contributed by atoms with Crippen LogP contribution in [-0.4, -0.2) is 50.9 Å². The van der Waals surface area contributed by atoms with Crippen molar-refractivity contribution in [3.63, 3.8) is 0 Å². The van der Waals surface area contributed by atoms with E-state index in [1.165, 1.54) is 31.3 Å². The monoisotopic (exact) mass is 360 g/mol. The Morgan fingerprint density at radius 3 is 2.58 bits per heavy atom. The number of alkyl carbamates (subject to hydrolysis) is 1. The maximum Gasteiger partial charge on any atom is 0.406 e. The Kier molecular flexibility index (Phi) is 5.41. The molecule has 0 fully saturated rings. The molecule has 8 heteroatoms. The molecule has 0 aromatic heterocycles. The van der Waals surface area contributed by atoms with Gasteiger partial charge in [0, 0.05) is 18.7 Å². The number of nitrogens with one attached hydrogen (secondary N) is 1. The number of ether oxygens (including phenoxy) is 3. The number of hydrogen-bond donors (Lipinski definition) is 1. The van der Waals surface area contributed by atoms with Crippen molar-refractivity contribution in [2.75, 3.05) is 32.2 Å². The normalized spacial score (nSPS) is 14.6. The summed E-state index contributed by atoms with van der Waals surface area (Å²) < 4.78 is 15.0. The van der Waals surface area contributed by atoms with Gasteiger partial charge in [0.1, 0.15) is 5.75 Å². The SMILES string of the molecule is C#Cc1cc2c(cc1C(=O)OC)N(CCNC(=O)OC)C(=O)C(C)(C)O2. The van der Waals surface area contributed by atoms with Crippen molar-refractivity contribution in [3.8, 4) is 18.1 Å². The Morgan fingerprint density at radius 2 is 2.00 bits per heavy atom. The molecule has 1 N–H and O–H groups in total. The Hall–Kier alpha value is -3.21. The smallest absolute Gasteiger partial charge is 0.406 e. The van der Waals surface area contributed by atoms with Crippen molar-refractivity contribution in [1.82, 2.24) is 5.32 Å². The Bertz CT molecular complexity index is 794. The zero-order valence-corrected chi connectivity index (χ0v) is 15.0. The molecule has 1 aromatic rings. The third-order valence-corrected chi connectivity index (χ3v) is 3.87. The van der Waals surface area contributed by atoms with E-state index in [1.54, 1.807) is 13.8 Å². The van der Waals surface area contributed by atoms with Gasteiger partial charge in [0.2, 0.25) is 0 Å². The van der Waals surface area contributed by atoms with Crippen molar-refractivity contribution in [2.24, 2.45) is 0 Å². The fourth-order valence-corrected chi connectivity index (χ4v) is 2.58. The van der Waals surface area contributed by atoms with Crippen molar-refractivity contribution < 1.29 is 28.6 Å². The summed E-state index contributed by atoms with van der Waals surface area (Å²) in [6, 6.07) is 2.98. The molecule has 0 saturated carbocycles. The largest absolute Gasteiger partial charge is 0.476 e. The van der Waals surface area contributed by atoms with Gasteiger partial charge in [-0.05, 0) is 26.0 Å². The fraction of sp³-hybridized carbons (Fsp3) is 0.389. The zero-order chi connectivity index (χ0) is 19.5. The second-order valence-corrected chi connectivity index (χ2v) is 5.99. The average Bonchev–Trinajstić information content (AvgIpc) is 2.62. The van der Waals surface area contributed by atoms with Crippen LogP contribution in [0.15, 0.2) is 12.1 Å². The van der Waals surface area contributed by atoms with Gasteiger partial charge < -0.3 is 24.4 Å². The third kappa shape index (κ3) is 3.57. The molecule has 2 amide bonds. The molecule has 0 unspecified atom stereocenters. The number of methoxy groups -OCH3 is 2. The fourth-order valence-electron chi connectivity index (χ4n) is 2.58. The first kappa shape index (κ1) is 19.1. The van der Waals surface area contributed by atoms with Crippen molar-refractivity contribution >= 4 is 23.7 Å². The van der Waals surface area contributed by atoms with Gasteiger partial charge in [0.05, 0.1) is 25.5 Å². The third-order valence-electron chi connectivity index (χ3n) is 3.87. The summed E-state index contributed by atoms with van der Waals surface area (Å²) >= 11 is 0. The number of fused-ring (bicyclic) bond motifs is 1. The number of carbonyl (C=O) groups is 3. The maximum atomic E-state index is 12.8. The topological polar surface area (TPSA) is 94.2 Å². The number of amides is 2. The van der Waals surface area contributed by atoms with Crippen LogP contribution < -0.4 is 15.0 Å². The molecule has 0 spiro atoms. The minimum absolute atomic E-state index is 0.149. The van der Waals surface area contributed by atoms with Crippen LogP contribution in [0.2, 0.25) is 0 Å². The number of hydrogen-bond acceptors (Lipinski definition) is 6. The number of nitrogens with zero attached hydrogens (tertiary/aromatic N) is 1. The van der Waals surface area contributed by atoms with Crippen molar-refractivity contribution in [3.05, 3.63) is 23.3 Å². The molecule has 0 atom stereocenters. The Balaban J connectivity index is 2.46. The van der Waals surface area contributed by atoms with Crippen molar-refractivity contribution in [1.29, 1.82) is 0 Å². The lowest BCUT2D eigenvalue weighted by atomic mass is 10.00. The molecule has 1 aliphatic heterocycles. The molecule has 1 heterocycles. The van der Waals surface area contributed by atoms with E-state index in [1.807, 2.05) is 0 Å². The van der Waals surface area contributed by atoms with E-state index in [2.05, 4.69) is 16.0 Å². The molecule has 0 radical (unpaired) electrons. The summed E-state index contributed by atoms with van der Waals surface area (Å²) in [4.78, 5) is 37.4. The van der Waals surface area contributed by atoms with Crippen LogP contribution in [0.4, 0.5) is 10.5 Å². The van der Waals surface area contributed by atoms with Crippen molar-refractivity contribution in [2.45, 2.75) is 19.4 Å². The molecular formula is C18H20N2O6. The molecule has 1 aliphatic rings. The summed E-state index contributed by atoms with van der Waals surface area (Å²) in [6.07, 6.45) is 4.87. The van der Waals surface area contributed by atoms with Gasteiger partial charge in [0.25, 0.3) is 5.91 Å². The van der Waals surface area contributed by atoms with Crippen LogP contribution >= 0.6 is 0 Å². The molecule has 1 aromatic carbocycles. The van der Waals surface area contributed by atoms with E-state index in [-0.39, 0.29) is 24.6 Å². The number of anilines is 1. The molecule has 0 aliphatic carbocycles. The highest BCUT2D eigenvalue weighted by Gasteiger charge is 2.41. The van der Waals surface area contributed by atoms with Crippen LogP contribution in [0.3, 0.4) is 0 Å². The molecule has 8 nitrogen and oxygen atoms in total. The highest BCUT2D eigenvalue weighted by molar-refractivity contribution is 6.04. The number of rotatable bonds is 4. The number of carbonyl (C=O) groups excluding carboxylic acids is 3. The van der Waals surface area contributed by atoms with E-state index in [9.17, 15) is 14.4 Å². The second-order valence-electron chi connectivity index (χ2n) is 5.99. The van der Waals surface area contributed by atoms with Gasteiger partial charge in [-0.15, -0.1) is 6.42 Å². The summed E-state index contributed by atoms with van der Waals surface area (Å²) in [6.45, 7) is 3.56. The van der Waals surface area contributed by atoms with Gasteiger partial charge in [-0.25, -0.2) is 9.59 Å². The first-order valence-electron chi connectivity index (χ1n) is 7.81. The van der Waals surface area contributed by atoms with Gasteiger partial charge in [-0.3, -0.25) is 4.79 Å². The molecule has 26 heavy (non-hydrogen) atoms. The standard InChI is InChI=1S/C18H20N2O6/c1-6-11-9-14-13(10-12(11)15(21)24-4)20(8-7-19-17(23)25-5)16(22)18(2,3)26-14/h1,9-10H,7-8H2,2-5H3,(H,19,23).